The van der Waals surface area contributed by atoms with Crippen LogP contribution in [0, 0.1) is 0 Å². The second-order valence-electron chi connectivity index (χ2n) is 4.97. The number of fused-ring (bicyclic) bond motifs is 1. The van der Waals surface area contributed by atoms with Crippen molar-refractivity contribution in [3.05, 3.63) is 23.8 Å². The summed E-state index contributed by atoms with van der Waals surface area (Å²) in [6, 6.07) is 5.03. The molecule has 1 saturated heterocycles. The molecule has 7 heteroatoms. The molecular weight excluding hydrogens is 294 g/mol. The zero-order chi connectivity index (χ0) is 14.9. The van der Waals surface area contributed by atoms with Gasteiger partial charge in [-0.2, -0.15) is 11.8 Å². The molecule has 2 N–H and O–H groups in total. The van der Waals surface area contributed by atoms with Gasteiger partial charge in [-0.05, 0) is 24.3 Å². The Hall–Kier alpha value is -1.89. The molecule has 0 aliphatic carbocycles. The Labute approximate surface area is 125 Å². The topological polar surface area (TPSA) is 84.9 Å². The number of benzene rings is 1. The van der Waals surface area contributed by atoms with Crippen LogP contribution in [0.3, 0.4) is 0 Å². The number of nitrogens with one attached hydrogen (secondary N) is 1. The Balaban J connectivity index is 1.87. The minimum absolute atomic E-state index is 0.310. The van der Waals surface area contributed by atoms with Crippen LogP contribution in [0.2, 0.25) is 0 Å². The number of hydrogen-bond donors (Lipinski definition) is 2. The maximum atomic E-state index is 12.5. The lowest BCUT2D eigenvalue weighted by molar-refractivity contribution is -0.143. The highest BCUT2D eigenvalue weighted by atomic mass is 32.2. The van der Waals surface area contributed by atoms with E-state index in [-0.39, 0.29) is 0 Å². The van der Waals surface area contributed by atoms with E-state index in [1.807, 2.05) is 0 Å². The molecule has 1 fully saturated rings. The summed E-state index contributed by atoms with van der Waals surface area (Å²) in [4.78, 5) is 24.0. The first-order valence-corrected chi connectivity index (χ1v) is 7.80. The van der Waals surface area contributed by atoms with Crippen molar-refractivity contribution in [1.29, 1.82) is 0 Å². The van der Waals surface area contributed by atoms with Gasteiger partial charge in [-0.1, -0.05) is 6.07 Å². The zero-order valence-corrected chi connectivity index (χ0v) is 12.1. The Morgan fingerprint density at radius 2 is 2.10 bits per heavy atom. The zero-order valence-electron chi connectivity index (χ0n) is 11.3. The standard InChI is InChI=1S/C14H15NO5S/c16-12(15-14(13(17)18)4-7-21-8-14)9-2-1-3-10-11(9)20-6-5-19-10/h1-3H,4-8H2,(H,15,16)(H,17,18)/t14-/m0/s1. The van der Waals surface area contributed by atoms with Crippen LogP contribution >= 0.6 is 11.8 Å². The highest BCUT2D eigenvalue weighted by Crippen LogP contribution is 2.35. The van der Waals surface area contributed by atoms with Crippen molar-refractivity contribution >= 4 is 23.6 Å². The molecule has 0 unspecified atom stereocenters. The summed E-state index contributed by atoms with van der Waals surface area (Å²) in [6.07, 6.45) is 0.422. The number of thioether (sulfide) groups is 1. The molecule has 6 nitrogen and oxygen atoms in total. The molecule has 0 radical (unpaired) electrons. The first-order valence-electron chi connectivity index (χ1n) is 6.65. The fraction of sp³-hybridized carbons (Fsp3) is 0.429. The smallest absolute Gasteiger partial charge is 0.330 e. The number of aliphatic carboxylic acids is 1. The first kappa shape index (κ1) is 14.1. The normalized spacial score (nSPS) is 23.6. The molecule has 0 spiro atoms. The van der Waals surface area contributed by atoms with E-state index in [0.717, 1.165) is 5.75 Å². The van der Waals surface area contributed by atoms with Gasteiger partial charge in [-0.3, -0.25) is 4.79 Å². The number of amides is 1. The van der Waals surface area contributed by atoms with Crippen molar-refractivity contribution in [2.24, 2.45) is 0 Å². The molecule has 1 amide bonds. The lowest BCUT2D eigenvalue weighted by Gasteiger charge is -2.26. The van der Waals surface area contributed by atoms with Crippen LogP contribution in [0.1, 0.15) is 16.8 Å². The van der Waals surface area contributed by atoms with Gasteiger partial charge in [0.05, 0.1) is 5.56 Å². The highest BCUT2D eigenvalue weighted by Gasteiger charge is 2.43. The van der Waals surface area contributed by atoms with E-state index in [0.29, 0.717) is 42.4 Å². The van der Waals surface area contributed by atoms with Gasteiger partial charge in [-0.25, -0.2) is 4.79 Å². The van der Waals surface area contributed by atoms with Crippen molar-refractivity contribution in [1.82, 2.24) is 5.32 Å². The van der Waals surface area contributed by atoms with E-state index in [1.165, 1.54) is 11.8 Å². The lowest BCUT2D eigenvalue weighted by atomic mass is 9.98. The van der Waals surface area contributed by atoms with Crippen LogP contribution in [-0.2, 0) is 4.79 Å². The van der Waals surface area contributed by atoms with Crippen molar-refractivity contribution in [2.45, 2.75) is 12.0 Å². The number of ether oxygens (including phenoxy) is 2. The van der Waals surface area contributed by atoms with Crippen LogP contribution in [-0.4, -0.2) is 47.2 Å². The summed E-state index contributed by atoms with van der Waals surface area (Å²) in [5.41, 5.74) is -0.885. The number of rotatable bonds is 3. The fourth-order valence-electron chi connectivity index (χ4n) is 2.42. The minimum Gasteiger partial charge on any atom is -0.486 e. The van der Waals surface area contributed by atoms with Gasteiger partial charge < -0.3 is 19.9 Å². The van der Waals surface area contributed by atoms with Gasteiger partial charge in [0.2, 0.25) is 0 Å². The van der Waals surface area contributed by atoms with Crippen LogP contribution in [0.4, 0.5) is 0 Å². The first-order chi connectivity index (χ1) is 10.1. The molecule has 1 aromatic carbocycles. The van der Waals surface area contributed by atoms with Crippen molar-refractivity contribution in [3.8, 4) is 11.5 Å². The second kappa shape index (κ2) is 5.48. The van der Waals surface area contributed by atoms with E-state index in [9.17, 15) is 14.7 Å². The second-order valence-corrected chi connectivity index (χ2v) is 6.08. The molecule has 1 aromatic rings. The van der Waals surface area contributed by atoms with Gasteiger partial charge in [0.15, 0.2) is 11.5 Å². The quantitative estimate of drug-likeness (QED) is 0.871. The number of para-hydroxylation sites is 1. The predicted molar refractivity (Wildman–Crippen MR) is 77.2 cm³/mol. The van der Waals surface area contributed by atoms with E-state index in [4.69, 9.17) is 9.47 Å². The number of carboxylic acids is 1. The molecular formula is C14H15NO5S. The third kappa shape index (κ3) is 2.53. The molecule has 1 atom stereocenters. The van der Waals surface area contributed by atoms with Crippen LogP contribution in [0.5, 0.6) is 11.5 Å². The fourth-order valence-corrected chi connectivity index (χ4v) is 3.75. The van der Waals surface area contributed by atoms with Crippen LogP contribution in [0.15, 0.2) is 18.2 Å². The summed E-state index contributed by atoms with van der Waals surface area (Å²) in [5, 5.41) is 12.1. The van der Waals surface area contributed by atoms with Crippen molar-refractivity contribution in [3.63, 3.8) is 0 Å². The number of hydrogen-bond acceptors (Lipinski definition) is 5. The third-order valence-electron chi connectivity index (χ3n) is 3.59. The summed E-state index contributed by atoms with van der Waals surface area (Å²) in [7, 11) is 0. The van der Waals surface area contributed by atoms with Crippen LogP contribution in [0.25, 0.3) is 0 Å². The largest absolute Gasteiger partial charge is 0.486 e. The van der Waals surface area contributed by atoms with Gasteiger partial charge in [-0.15, -0.1) is 0 Å². The maximum Gasteiger partial charge on any atom is 0.330 e. The number of carbonyl (C=O) groups excluding carboxylic acids is 1. The van der Waals surface area contributed by atoms with Crippen LogP contribution < -0.4 is 14.8 Å². The third-order valence-corrected chi connectivity index (χ3v) is 4.78. The summed E-state index contributed by atoms with van der Waals surface area (Å²) in [6.45, 7) is 0.811. The molecule has 0 aromatic heterocycles. The molecule has 2 aliphatic heterocycles. The van der Waals surface area contributed by atoms with E-state index < -0.39 is 17.4 Å². The Bertz CT molecular complexity index is 583. The van der Waals surface area contributed by atoms with Gasteiger partial charge in [0.1, 0.15) is 18.8 Å². The Kier molecular flexibility index (Phi) is 3.67. The highest BCUT2D eigenvalue weighted by molar-refractivity contribution is 7.99. The van der Waals surface area contributed by atoms with E-state index in [2.05, 4.69) is 5.32 Å². The summed E-state index contributed by atoms with van der Waals surface area (Å²) < 4.78 is 10.9. The molecule has 3 rings (SSSR count). The molecule has 112 valence electrons. The van der Waals surface area contributed by atoms with E-state index >= 15 is 0 Å². The maximum absolute atomic E-state index is 12.5. The molecule has 21 heavy (non-hydrogen) atoms. The lowest BCUT2D eigenvalue weighted by Crippen LogP contribution is -2.54. The summed E-state index contributed by atoms with van der Waals surface area (Å²) >= 11 is 1.52. The molecule has 0 saturated carbocycles. The average molecular weight is 309 g/mol. The number of carboxylic acid groups (broad SMARTS) is 1. The minimum atomic E-state index is -1.19. The Morgan fingerprint density at radius 3 is 2.81 bits per heavy atom. The van der Waals surface area contributed by atoms with Crippen molar-refractivity contribution in [2.75, 3.05) is 24.7 Å². The molecule has 2 aliphatic rings. The van der Waals surface area contributed by atoms with Crippen molar-refractivity contribution < 1.29 is 24.2 Å². The number of carbonyl (C=O) groups is 2. The predicted octanol–water partition coefficient (Wildman–Crippen LogP) is 1.15. The average Bonchev–Trinajstić information content (AvgIpc) is 2.96. The molecule has 0 bridgehead atoms. The van der Waals surface area contributed by atoms with Gasteiger partial charge >= 0.3 is 5.97 Å². The Morgan fingerprint density at radius 1 is 1.29 bits per heavy atom. The monoisotopic (exact) mass is 309 g/mol. The SMILES string of the molecule is O=C(N[C@@]1(C(=O)O)CCSC1)c1cccc2c1OCCO2. The molecule has 2 heterocycles. The van der Waals surface area contributed by atoms with Gasteiger partial charge in [0.25, 0.3) is 5.91 Å². The summed E-state index contributed by atoms with van der Waals surface area (Å²) in [5.74, 6) is 0.552. The van der Waals surface area contributed by atoms with E-state index in [1.54, 1.807) is 18.2 Å². The van der Waals surface area contributed by atoms with Gasteiger partial charge in [0, 0.05) is 5.75 Å².